The van der Waals surface area contributed by atoms with Crippen LogP contribution in [0.25, 0.3) is 11.1 Å². The van der Waals surface area contributed by atoms with Crippen LogP contribution in [-0.2, 0) is 0 Å². The molecule has 0 saturated heterocycles. The highest BCUT2D eigenvalue weighted by molar-refractivity contribution is 5.88. The highest BCUT2D eigenvalue weighted by Gasteiger charge is 2.23. The van der Waals surface area contributed by atoms with E-state index < -0.39 is 12.2 Å². The van der Waals surface area contributed by atoms with Crippen molar-refractivity contribution in [2.24, 2.45) is 0 Å². The second kappa shape index (κ2) is 4.46. The Hall–Kier alpha value is -2.67. The molecule has 1 aliphatic rings. The van der Waals surface area contributed by atoms with Crippen LogP contribution in [0.1, 0.15) is 16.6 Å². The molecule has 3 N–H and O–H groups in total. The third kappa shape index (κ3) is 1.84. The number of β-amino-alcohol motifs (C(OH)–C–C–N with tert-alkyl or cyclic N) is 1. The number of fused-ring (bicyclic) bond motifs is 1. The molecule has 1 aromatic heterocycles. The average Bonchev–Trinajstić information content (AvgIpc) is 2.82. The second-order valence-corrected chi connectivity index (χ2v) is 4.41. The Morgan fingerprint density at radius 1 is 1.35 bits per heavy atom. The van der Waals surface area contributed by atoms with Gasteiger partial charge in [0.15, 0.2) is 6.23 Å². The average molecular weight is 273 g/mol. The first-order valence-electron chi connectivity index (χ1n) is 5.95. The lowest BCUT2D eigenvalue weighted by Crippen LogP contribution is -2.24. The van der Waals surface area contributed by atoms with Crippen LogP contribution in [0, 0.1) is 0 Å². The van der Waals surface area contributed by atoms with Crippen LogP contribution in [-0.4, -0.2) is 32.3 Å². The van der Waals surface area contributed by atoms with Crippen LogP contribution >= 0.6 is 0 Å². The van der Waals surface area contributed by atoms with E-state index in [1.807, 2.05) is 0 Å². The van der Waals surface area contributed by atoms with E-state index in [1.165, 1.54) is 22.9 Å². The molecule has 0 spiro atoms. The molecule has 0 aliphatic carbocycles. The lowest BCUT2D eigenvalue weighted by atomic mass is 10.1. The lowest BCUT2D eigenvalue weighted by Gasteiger charge is -2.08. The van der Waals surface area contributed by atoms with E-state index in [1.54, 1.807) is 12.1 Å². The Morgan fingerprint density at radius 3 is 2.70 bits per heavy atom. The van der Waals surface area contributed by atoms with Crippen molar-refractivity contribution < 1.29 is 15.0 Å². The van der Waals surface area contributed by atoms with Gasteiger partial charge in [0.1, 0.15) is 0 Å². The molecule has 7 nitrogen and oxygen atoms in total. The summed E-state index contributed by atoms with van der Waals surface area (Å²) in [4.78, 5) is 27.2. The van der Waals surface area contributed by atoms with Gasteiger partial charge in [0.25, 0.3) is 5.56 Å². The van der Waals surface area contributed by atoms with E-state index in [9.17, 15) is 14.7 Å². The lowest BCUT2D eigenvalue weighted by molar-refractivity contribution is 0.0697. The standard InChI is InChI=1S/C13H11N3O4/c17-10-6-15-13-14-5-9(11(18)16(10)13)7-1-3-8(4-2-7)12(19)20/h1-5,10,17H,6H2,(H,14,15)(H,19,20). The van der Waals surface area contributed by atoms with Crippen molar-refractivity contribution in [3.05, 3.63) is 46.4 Å². The summed E-state index contributed by atoms with van der Waals surface area (Å²) in [6.07, 6.45) is 0.470. The molecule has 20 heavy (non-hydrogen) atoms. The van der Waals surface area contributed by atoms with Gasteiger partial charge in [-0.25, -0.2) is 14.3 Å². The number of aliphatic hydroxyl groups excluding tert-OH is 1. The fourth-order valence-electron chi connectivity index (χ4n) is 2.14. The number of hydrogen-bond donors (Lipinski definition) is 3. The summed E-state index contributed by atoms with van der Waals surface area (Å²) in [5.41, 5.74) is 0.649. The van der Waals surface area contributed by atoms with Crippen molar-refractivity contribution >= 4 is 11.9 Å². The Labute approximate surface area is 113 Å². The van der Waals surface area contributed by atoms with Gasteiger partial charge in [0.05, 0.1) is 17.7 Å². The summed E-state index contributed by atoms with van der Waals surface area (Å²) in [7, 11) is 0. The minimum absolute atomic E-state index is 0.143. The van der Waals surface area contributed by atoms with Gasteiger partial charge in [-0.05, 0) is 17.7 Å². The van der Waals surface area contributed by atoms with Gasteiger partial charge in [0, 0.05) is 6.20 Å². The van der Waals surface area contributed by atoms with Gasteiger partial charge >= 0.3 is 5.97 Å². The first kappa shape index (κ1) is 12.4. The molecule has 7 heteroatoms. The summed E-state index contributed by atoms with van der Waals surface area (Å²) < 4.78 is 1.18. The van der Waals surface area contributed by atoms with Gasteiger partial charge in [0.2, 0.25) is 5.95 Å². The van der Waals surface area contributed by atoms with Crippen LogP contribution in [0.4, 0.5) is 5.95 Å². The molecule has 0 amide bonds. The van der Waals surface area contributed by atoms with E-state index in [0.717, 1.165) is 0 Å². The van der Waals surface area contributed by atoms with Crippen LogP contribution in [0.15, 0.2) is 35.3 Å². The molecule has 0 saturated carbocycles. The van der Waals surface area contributed by atoms with Gasteiger partial charge in [-0.15, -0.1) is 0 Å². The monoisotopic (exact) mass is 273 g/mol. The first-order valence-corrected chi connectivity index (χ1v) is 5.95. The molecule has 0 fully saturated rings. The van der Waals surface area contributed by atoms with E-state index >= 15 is 0 Å². The minimum Gasteiger partial charge on any atom is -0.478 e. The molecule has 1 atom stereocenters. The summed E-state index contributed by atoms with van der Waals surface area (Å²) in [5.74, 6) is -0.701. The number of carboxylic acids is 1. The number of aliphatic hydroxyl groups is 1. The zero-order valence-corrected chi connectivity index (χ0v) is 10.3. The largest absolute Gasteiger partial charge is 0.478 e. The number of hydrogen-bond acceptors (Lipinski definition) is 5. The van der Waals surface area contributed by atoms with E-state index in [-0.39, 0.29) is 17.7 Å². The Balaban J connectivity index is 2.09. The summed E-state index contributed by atoms with van der Waals surface area (Å²) >= 11 is 0. The maximum atomic E-state index is 12.3. The Kier molecular flexibility index (Phi) is 2.76. The molecular weight excluding hydrogens is 262 g/mol. The zero-order chi connectivity index (χ0) is 14.3. The quantitative estimate of drug-likeness (QED) is 0.737. The van der Waals surface area contributed by atoms with E-state index in [2.05, 4.69) is 10.3 Å². The number of anilines is 1. The SMILES string of the molecule is O=C(O)c1ccc(-c2cnc3n(c2=O)C(O)CN3)cc1. The Bertz CT molecular complexity index is 736. The molecule has 102 valence electrons. The fraction of sp³-hybridized carbons (Fsp3) is 0.154. The highest BCUT2D eigenvalue weighted by atomic mass is 16.4. The molecule has 1 aliphatic heterocycles. The number of nitrogens with one attached hydrogen (secondary N) is 1. The zero-order valence-electron chi connectivity index (χ0n) is 10.3. The van der Waals surface area contributed by atoms with Crippen LogP contribution in [0.2, 0.25) is 0 Å². The van der Waals surface area contributed by atoms with Gasteiger partial charge in [-0.2, -0.15) is 0 Å². The summed E-state index contributed by atoms with van der Waals surface area (Å²) in [6, 6.07) is 5.93. The van der Waals surface area contributed by atoms with Crippen LogP contribution < -0.4 is 10.9 Å². The molecular formula is C13H11N3O4. The van der Waals surface area contributed by atoms with Gasteiger partial charge in [-0.1, -0.05) is 12.1 Å². The molecule has 0 bridgehead atoms. The van der Waals surface area contributed by atoms with Crippen molar-refractivity contribution in [3.8, 4) is 11.1 Å². The predicted octanol–water partition coefficient (Wildman–Crippen LogP) is 0.525. The fourth-order valence-corrected chi connectivity index (χ4v) is 2.14. The van der Waals surface area contributed by atoms with Crippen molar-refractivity contribution in [3.63, 3.8) is 0 Å². The molecule has 1 aromatic carbocycles. The van der Waals surface area contributed by atoms with Crippen LogP contribution in [0.3, 0.4) is 0 Å². The Morgan fingerprint density at radius 2 is 2.05 bits per heavy atom. The van der Waals surface area contributed by atoms with Gasteiger partial charge < -0.3 is 15.5 Å². The third-order valence-corrected chi connectivity index (χ3v) is 3.18. The normalized spacial score (nSPS) is 16.6. The van der Waals surface area contributed by atoms with E-state index in [0.29, 0.717) is 17.1 Å². The summed E-state index contributed by atoms with van der Waals surface area (Å²) in [5, 5.41) is 21.4. The third-order valence-electron chi connectivity index (χ3n) is 3.18. The van der Waals surface area contributed by atoms with Crippen molar-refractivity contribution in [2.75, 3.05) is 11.9 Å². The maximum Gasteiger partial charge on any atom is 0.335 e. The number of carboxylic acid groups (broad SMARTS) is 1. The molecule has 2 aromatic rings. The smallest absolute Gasteiger partial charge is 0.335 e. The minimum atomic E-state index is -1.03. The van der Waals surface area contributed by atoms with Gasteiger partial charge in [-0.3, -0.25) is 4.79 Å². The number of aromatic carboxylic acids is 1. The van der Waals surface area contributed by atoms with E-state index in [4.69, 9.17) is 5.11 Å². The molecule has 1 unspecified atom stereocenters. The summed E-state index contributed by atoms with van der Waals surface area (Å²) in [6.45, 7) is 0.240. The van der Waals surface area contributed by atoms with Crippen LogP contribution in [0.5, 0.6) is 0 Å². The number of carbonyl (C=O) groups is 1. The topological polar surface area (TPSA) is 104 Å². The van der Waals surface area contributed by atoms with Crippen molar-refractivity contribution in [2.45, 2.75) is 6.23 Å². The second-order valence-electron chi connectivity index (χ2n) is 4.41. The molecule has 0 radical (unpaired) electrons. The van der Waals surface area contributed by atoms with Crippen molar-refractivity contribution in [1.29, 1.82) is 0 Å². The molecule has 3 rings (SSSR count). The van der Waals surface area contributed by atoms with Crippen molar-refractivity contribution in [1.82, 2.24) is 9.55 Å². The number of aromatic nitrogens is 2. The first-order chi connectivity index (χ1) is 9.58. The predicted molar refractivity (Wildman–Crippen MR) is 70.6 cm³/mol. The number of nitrogens with zero attached hydrogens (tertiary/aromatic N) is 2. The highest BCUT2D eigenvalue weighted by Crippen LogP contribution is 2.21. The number of benzene rings is 1. The molecule has 2 heterocycles. The number of rotatable bonds is 2. The maximum absolute atomic E-state index is 12.3.